The molecule has 12 heavy (non-hydrogen) atoms. The first-order valence-electron chi connectivity index (χ1n) is 3.70. The molecule has 1 aromatic rings. The molecule has 0 unspecified atom stereocenters. The number of thioether (sulfide) groups is 1. The lowest BCUT2D eigenvalue weighted by molar-refractivity contribution is 0.251. The van der Waals surface area contributed by atoms with Gasteiger partial charge in [0.15, 0.2) is 0 Å². The zero-order valence-corrected chi connectivity index (χ0v) is 7.52. The van der Waals surface area contributed by atoms with E-state index in [0.29, 0.717) is 23.3 Å². The van der Waals surface area contributed by atoms with Gasteiger partial charge >= 0.3 is 0 Å². The molecule has 0 atom stereocenters. The zero-order chi connectivity index (χ0) is 8.97. The molecule has 2 nitrogen and oxygen atoms in total. The normalized spacial score (nSPS) is 11.0. The topological polar surface area (TPSA) is 17.8 Å². The number of nitrogens with zero attached hydrogens (tertiary/aromatic N) is 2. The van der Waals surface area contributed by atoms with Crippen molar-refractivity contribution in [2.45, 2.75) is 30.7 Å². The molecule has 1 aromatic heterocycles. The van der Waals surface area contributed by atoms with Crippen LogP contribution >= 0.6 is 11.8 Å². The largest absolute Gasteiger partial charge is 0.290 e. The summed E-state index contributed by atoms with van der Waals surface area (Å²) < 4.78 is 25.5. The molecule has 0 aliphatic carbocycles. The molecular weight excluding hydrogens is 182 g/mol. The van der Waals surface area contributed by atoms with E-state index in [0.717, 1.165) is 6.42 Å². The SMILES string of the molecule is CCCn1nccc1SC(F)F. The van der Waals surface area contributed by atoms with Crippen molar-refractivity contribution < 1.29 is 8.78 Å². The number of halogens is 2. The highest BCUT2D eigenvalue weighted by atomic mass is 32.2. The van der Waals surface area contributed by atoms with Gasteiger partial charge in [-0.15, -0.1) is 0 Å². The third kappa shape index (κ3) is 2.48. The first-order valence-corrected chi connectivity index (χ1v) is 4.58. The molecule has 1 heterocycles. The number of rotatable bonds is 4. The van der Waals surface area contributed by atoms with Crippen LogP contribution < -0.4 is 0 Å². The minimum atomic E-state index is -2.36. The fourth-order valence-corrected chi connectivity index (χ4v) is 1.47. The summed E-state index contributed by atoms with van der Waals surface area (Å²) in [6, 6.07) is 1.60. The molecule has 0 aliphatic heterocycles. The van der Waals surface area contributed by atoms with E-state index in [1.807, 2.05) is 6.92 Å². The van der Waals surface area contributed by atoms with Crippen molar-refractivity contribution in [2.75, 3.05) is 0 Å². The molecule has 68 valence electrons. The van der Waals surface area contributed by atoms with Crippen LogP contribution in [0.25, 0.3) is 0 Å². The molecule has 0 N–H and O–H groups in total. The average molecular weight is 192 g/mol. The van der Waals surface area contributed by atoms with E-state index >= 15 is 0 Å². The number of hydrogen-bond donors (Lipinski definition) is 0. The van der Waals surface area contributed by atoms with E-state index in [1.54, 1.807) is 16.9 Å². The maximum Gasteiger partial charge on any atom is 0.290 e. The Bertz CT molecular complexity index is 237. The smallest absolute Gasteiger partial charge is 0.259 e. The van der Waals surface area contributed by atoms with Gasteiger partial charge in [-0.2, -0.15) is 13.9 Å². The van der Waals surface area contributed by atoms with E-state index in [1.165, 1.54) is 0 Å². The van der Waals surface area contributed by atoms with Crippen LogP contribution in [0.4, 0.5) is 8.78 Å². The highest BCUT2D eigenvalue weighted by Gasteiger charge is 2.09. The van der Waals surface area contributed by atoms with Crippen LogP contribution in [0.5, 0.6) is 0 Å². The van der Waals surface area contributed by atoms with E-state index in [4.69, 9.17) is 0 Å². The molecule has 0 spiro atoms. The predicted molar refractivity (Wildman–Crippen MR) is 44.4 cm³/mol. The van der Waals surface area contributed by atoms with E-state index in [9.17, 15) is 8.78 Å². The summed E-state index contributed by atoms with van der Waals surface area (Å²) in [5, 5.41) is 4.46. The first kappa shape index (κ1) is 9.51. The Kier molecular flexibility index (Phi) is 3.52. The minimum Gasteiger partial charge on any atom is -0.259 e. The maximum absolute atomic E-state index is 11.9. The Morgan fingerprint density at radius 2 is 2.42 bits per heavy atom. The van der Waals surface area contributed by atoms with Crippen LogP contribution in [0, 0.1) is 0 Å². The second-order valence-electron chi connectivity index (χ2n) is 2.27. The van der Waals surface area contributed by atoms with Gasteiger partial charge in [0.05, 0.1) is 11.2 Å². The number of hydrogen-bond acceptors (Lipinski definition) is 2. The second-order valence-corrected chi connectivity index (χ2v) is 3.28. The molecular formula is C7H10F2N2S. The lowest BCUT2D eigenvalue weighted by atomic mass is 10.5. The molecule has 0 radical (unpaired) electrons. The van der Waals surface area contributed by atoms with Crippen molar-refractivity contribution >= 4 is 11.8 Å². The Morgan fingerprint density at radius 1 is 1.67 bits per heavy atom. The molecule has 0 saturated carbocycles. The van der Waals surface area contributed by atoms with Crippen LogP contribution in [0.3, 0.4) is 0 Å². The molecule has 0 aromatic carbocycles. The predicted octanol–water partition coefficient (Wildman–Crippen LogP) is 2.61. The Hall–Kier alpha value is -0.580. The Balaban J connectivity index is 2.63. The molecule has 0 saturated heterocycles. The Labute approximate surface area is 74.0 Å². The number of alkyl halides is 2. The fourth-order valence-electron chi connectivity index (χ4n) is 0.892. The van der Waals surface area contributed by atoms with Crippen LogP contribution in [-0.2, 0) is 6.54 Å². The molecule has 0 amide bonds. The van der Waals surface area contributed by atoms with Gasteiger partial charge in [-0.3, -0.25) is 4.68 Å². The summed E-state index contributed by atoms with van der Waals surface area (Å²) in [4.78, 5) is 0. The molecule has 0 aliphatic rings. The molecule has 5 heteroatoms. The second kappa shape index (κ2) is 4.45. The van der Waals surface area contributed by atoms with Gasteiger partial charge in [-0.25, -0.2) is 0 Å². The standard InChI is InChI=1S/C7H10F2N2S/c1-2-5-11-6(3-4-10-11)12-7(8)9/h3-4,7H,2,5H2,1H3. The van der Waals surface area contributed by atoms with Gasteiger partial charge < -0.3 is 0 Å². The minimum absolute atomic E-state index is 0.534. The highest BCUT2D eigenvalue weighted by Crippen LogP contribution is 2.24. The quantitative estimate of drug-likeness (QED) is 0.682. The highest BCUT2D eigenvalue weighted by molar-refractivity contribution is 7.99. The number of aryl methyl sites for hydroxylation is 1. The lowest BCUT2D eigenvalue weighted by Crippen LogP contribution is -2.01. The Morgan fingerprint density at radius 3 is 3.00 bits per heavy atom. The van der Waals surface area contributed by atoms with Crippen LogP contribution in [0.1, 0.15) is 13.3 Å². The number of aromatic nitrogens is 2. The molecule has 0 fully saturated rings. The summed E-state index contributed by atoms with van der Waals surface area (Å²) in [5.41, 5.74) is 0. The van der Waals surface area contributed by atoms with E-state index < -0.39 is 5.76 Å². The first-order chi connectivity index (χ1) is 5.74. The summed E-state index contributed by atoms with van der Waals surface area (Å²) in [5.74, 6) is -2.36. The van der Waals surface area contributed by atoms with Crippen molar-refractivity contribution in [3.05, 3.63) is 12.3 Å². The third-order valence-corrected chi connectivity index (χ3v) is 2.09. The van der Waals surface area contributed by atoms with Gasteiger partial charge in [-0.05, 0) is 24.2 Å². The average Bonchev–Trinajstić information content (AvgIpc) is 2.37. The third-order valence-electron chi connectivity index (χ3n) is 1.32. The molecule has 0 bridgehead atoms. The van der Waals surface area contributed by atoms with Gasteiger partial charge in [0.25, 0.3) is 5.76 Å². The summed E-state index contributed by atoms with van der Waals surface area (Å²) in [6.07, 6.45) is 2.44. The van der Waals surface area contributed by atoms with Crippen molar-refractivity contribution in [3.63, 3.8) is 0 Å². The van der Waals surface area contributed by atoms with Gasteiger partial charge in [0.2, 0.25) is 0 Å². The maximum atomic E-state index is 11.9. The van der Waals surface area contributed by atoms with Gasteiger partial charge in [0.1, 0.15) is 0 Å². The van der Waals surface area contributed by atoms with Crippen molar-refractivity contribution in [1.82, 2.24) is 9.78 Å². The van der Waals surface area contributed by atoms with E-state index in [-0.39, 0.29) is 0 Å². The summed E-state index contributed by atoms with van der Waals surface area (Å²) in [7, 11) is 0. The monoisotopic (exact) mass is 192 g/mol. The lowest BCUT2D eigenvalue weighted by Gasteiger charge is -2.03. The van der Waals surface area contributed by atoms with Crippen molar-refractivity contribution in [1.29, 1.82) is 0 Å². The molecule has 1 rings (SSSR count). The van der Waals surface area contributed by atoms with Gasteiger partial charge in [-0.1, -0.05) is 6.92 Å². The van der Waals surface area contributed by atoms with Gasteiger partial charge in [0, 0.05) is 6.54 Å². The van der Waals surface area contributed by atoms with Crippen LogP contribution in [0.15, 0.2) is 17.3 Å². The van der Waals surface area contributed by atoms with Crippen molar-refractivity contribution in [2.24, 2.45) is 0 Å². The fraction of sp³-hybridized carbons (Fsp3) is 0.571. The zero-order valence-electron chi connectivity index (χ0n) is 6.70. The summed E-state index contributed by atoms with van der Waals surface area (Å²) in [6.45, 7) is 2.68. The van der Waals surface area contributed by atoms with Crippen LogP contribution in [0.2, 0.25) is 0 Å². The van der Waals surface area contributed by atoms with E-state index in [2.05, 4.69) is 5.10 Å². The summed E-state index contributed by atoms with van der Waals surface area (Å²) >= 11 is 0.539. The van der Waals surface area contributed by atoms with Crippen LogP contribution in [-0.4, -0.2) is 15.5 Å². The van der Waals surface area contributed by atoms with Crippen molar-refractivity contribution in [3.8, 4) is 0 Å².